The molecule has 2 atom stereocenters. The molecule has 4 nitrogen and oxygen atoms in total. The van der Waals surface area contributed by atoms with Gasteiger partial charge in [-0.05, 0) is 24.1 Å². The van der Waals surface area contributed by atoms with E-state index in [1.807, 2.05) is 24.5 Å². The highest BCUT2D eigenvalue weighted by atomic mass is 16.5. The number of hydrogen-bond acceptors (Lipinski definition) is 3. The normalized spacial score (nSPS) is 14.2. The molecule has 0 radical (unpaired) electrons. The molecule has 114 valence electrons. The minimum atomic E-state index is 0.0313. The van der Waals surface area contributed by atoms with Crippen molar-refractivity contribution in [2.45, 2.75) is 45.2 Å². The number of benzene rings is 1. The molecule has 0 aliphatic rings. The third-order valence-corrected chi connectivity index (χ3v) is 3.83. The number of ether oxygens (including phenoxy) is 1. The molecule has 1 heterocycles. The van der Waals surface area contributed by atoms with Crippen molar-refractivity contribution in [1.29, 1.82) is 0 Å². The number of hydrogen-bond donors (Lipinski definition) is 1. The molecule has 0 saturated heterocycles. The van der Waals surface area contributed by atoms with Crippen LogP contribution in [0.1, 0.15) is 50.5 Å². The van der Waals surface area contributed by atoms with Gasteiger partial charge < -0.3 is 15.0 Å². The van der Waals surface area contributed by atoms with Crippen LogP contribution in [0.15, 0.2) is 36.7 Å². The smallest absolute Gasteiger partial charge is 0.119 e. The zero-order valence-electron chi connectivity index (χ0n) is 13.3. The van der Waals surface area contributed by atoms with Gasteiger partial charge in [-0.15, -0.1) is 0 Å². The van der Waals surface area contributed by atoms with Gasteiger partial charge in [0.2, 0.25) is 0 Å². The molecular weight excluding hydrogens is 262 g/mol. The van der Waals surface area contributed by atoms with Crippen LogP contribution in [0.5, 0.6) is 5.75 Å². The highest BCUT2D eigenvalue weighted by Crippen LogP contribution is 2.29. The molecule has 21 heavy (non-hydrogen) atoms. The summed E-state index contributed by atoms with van der Waals surface area (Å²) in [4.78, 5) is 4.50. The topological polar surface area (TPSA) is 53.1 Å². The fourth-order valence-electron chi connectivity index (χ4n) is 2.67. The highest BCUT2D eigenvalue weighted by Gasteiger charge is 2.24. The minimum absolute atomic E-state index is 0.0313. The van der Waals surface area contributed by atoms with E-state index in [4.69, 9.17) is 10.5 Å². The lowest BCUT2D eigenvalue weighted by atomic mass is 9.97. The number of methoxy groups -OCH3 is 1. The summed E-state index contributed by atoms with van der Waals surface area (Å²) >= 11 is 0. The second-order valence-corrected chi connectivity index (χ2v) is 5.64. The molecule has 2 N–H and O–H groups in total. The van der Waals surface area contributed by atoms with E-state index in [9.17, 15) is 0 Å². The first-order valence-electron chi connectivity index (χ1n) is 7.50. The molecule has 2 aromatic rings. The van der Waals surface area contributed by atoms with Gasteiger partial charge in [0.1, 0.15) is 11.6 Å². The Labute approximate surface area is 127 Å². The van der Waals surface area contributed by atoms with Gasteiger partial charge in [-0.25, -0.2) is 4.98 Å². The van der Waals surface area contributed by atoms with E-state index in [0.717, 1.165) is 23.6 Å². The maximum atomic E-state index is 6.41. The first kappa shape index (κ1) is 15.6. The Kier molecular flexibility index (Phi) is 5.02. The fourth-order valence-corrected chi connectivity index (χ4v) is 2.67. The van der Waals surface area contributed by atoms with E-state index in [-0.39, 0.29) is 12.1 Å². The zero-order chi connectivity index (χ0) is 15.4. The Morgan fingerprint density at radius 2 is 2.10 bits per heavy atom. The Morgan fingerprint density at radius 1 is 1.33 bits per heavy atom. The van der Waals surface area contributed by atoms with Gasteiger partial charge in [0.25, 0.3) is 0 Å². The van der Waals surface area contributed by atoms with Gasteiger partial charge in [-0.2, -0.15) is 0 Å². The maximum absolute atomic E-state index is 6.41. The quantitative estimate of drug-likeness (QED) is 0.886. The number of nitrogens with two attached hydrogens (primary N) is 1. The minimum Gasteiger partial charge on any atom is -0.497 e. The average Bonchev–Trinajstić information content (AvgIpc) is 2.97. The van der Waals surface area contributed by atoms with Crippen LogP contribution >= 0.6 is 0 Å². The Morgan fingerprint density at radius 3 is 2.71 bits per heavy atom. The van der Waals surface area contributed by atoms with Gasteiger partial charge in [-0.3, -0.25) is 0 Å². The second kappa shape index (κ2) is 6.76. The molecule has 0 bridgehead atoms. The van der Waals surface area contributed by atoms with E-state index in [0.29, 0.717) is 5.92 Å². The van der Waals surface area contributed by atoms with Crippen molar-refractivity contribution in [2.24, 2.45) is 5.73 Å². The van der Waals surface area contributed by atoms with Crippen LogP contribution in [0.25, 0.3) is 0 Å². The van der Waals surface area contributed by atoms with Crippen molar-refractivity contribution < 1.29 is 4.74 Å². The van der Waals surface area contributed by atoms with Gasteiger partial charge in [-0.1, -0.05) is 32.9 Å². The van der Waals surface area contributed by atoms with Crippen molar-refractivity contribution in [1.82, 2.24) is 9.55 Å². The van der Waals surface area contributed by atoms with Crippen LogP contribution in [0, 0.1) is 0 Å². The summed E-state index contributed by atoms with van der Waals surface area (Å²) in [5.74, 6) is 2.27. The predicted octanol–water partition coefficient (Wildman–Crippen LogP) is 3.34. The largest absolute Gasteiger partial charge is 0.497 e. The van der Waals surface area contributed by atoms with Crippen LogP contribution in [0.4, 0.5) is 0 Å². The van der Waals surface area contributed by atoms with E-state index < -0.39 is 0 Å². The number of aromatic nitrogens is 2. The molecule has 2 unspecified atom stereocenters. The molecule has 0 aliphatic carbocycles. The van der Waals surface area contributed by atoms with Crippen molar-refractivity contribution in [3.8, 4) is 5.75 Å². The summed E-state index contributed by atoms with van der Waals surface area (Å²) < 4.78 is 7.55. The number of rotatable bonds is 6. The summed E-state index contributed by atoms with van der Waals surface area (Å²) in [6, 6.07) is 8.23. The number of imidazole rings is 1. The fraction of sp³-hybridized carbons (Fsp3) is 0.471. The molecule has 1 aromatic heterocycles. The van der Waals surface area contributed by atoms with Crippen LogP contribution in [-0.2, 0) is 0 Å². The van der Waals surface area contributed by atoms with E-state index in [1.165, 1.54) is 0 Å². The zero-order valence-corrected chi connectivity index (χ0v) is 13.3. The van der Waals surface area contributed by atoms with E-state index in [2.05, 4.69) is 42.5 Å². The Bertz CT molecular complexity index is 577. The Balaban J connectivity index is 2.50. The first-order valence-corrected chi connectivity index (χ1v) is 7.50. The van der Waals surface area contributed by atoms with Crippen molar-refractivity contribution in [3.05, 3.63) is 48.0 Å². The van der Waals surface area contributed by atoms with Crippen LogP contribution in [0.3, 0.4) is 0 Å². The molecule has 1 aromatic carbocycles. The molecule has 0 amide bonds. The lowest BCUT2D eigenvalue weighted by molar-refractivity contribution is 0.408. The molecule has 2 rings (SSSR count). The molecular formula is C17H25N3O. The predicted molar refractivity (Wildman–Crippen MR) is 85.7 cm³/mol. The summed E-state index contributed by atoms with van der Waals surface area (Å²) in [7, 11) is 1.69. The highest BCUT2D eigenvalue weighted by molar-refractivity contribution is 5.32. The summed E-state index contributed by atoms with van der Waals surface area (Å²) in [6.07, 6.45) is 4.78. The summed E-state index contributed by atoms with van der Waals surface area (Å²) in [6.45, 7) is 6.42. The summed E-state index contributed by atoms with van der Waals surface area (Å²) in [5, 5.41) is 0. The lowest BCUT2D eigenvalue weighted by Crippen LogP contribution is -2.33. The van der Waals surface area contributed by atoms with Crippen molar-refractivity contribution in [2.75, 3.05) is 7.11 Å². The van der Waals surface area contributed by atoms with Gasteiger partial charge in [0, 0.05) is 24.4 Å². The Hall–Kier alpha value is -1.81. The molecule has 0 aliphatic heterocycles. The maximum Gasteiger partial charge on any atom is 0.119 e. The van der Waals surface area contributed by atoms with Gasteiger partial charge >= 0.3 is 0 Å². The van der Waals surface area contributed by atoms with E-state index >= 15 is 0 Å². The SMILES string of the molecule is CCC(N)C(c1cccc(OC)c1)n1ccnc1C(C)C. The van der Waals surface area contributed by atoms with Crippen molar-refractivity contribution >= 4 is 0 Å². The van der Waals surface area contributed by atoms with Crippen LogP contribution < -0.4 is 10.5 Å². The third-order valence-electron chi connectivity index (χ3n) is 3.83. The first-order chi connectivity index (χ1) is 10.1. The van der Waals surface area contributed by atoms with Crippen molar-refractivity contribution in [3.63, 3.8) is 0 Å². The average molecular weight is 287 g/mol. The lowest BCUT2D eigenvalue weighted by Gasteiger charge is -2.27. The van der Waals surface area contributed by atoms with Crippen LogP contribution in [0.2, 0.25) is 0 Å². The van der Waals surface area contributed by atoms with E-state index in [1.54, 1.807) is 7.11 Å². The molecule has 0 spiro atoms. The third kappa shape index (κ3) is 3.27. The van der Waals surface area contributed by atoms with Gasteiger partial charge in [0.05, 0.1) is 13.2 Å². The molecule has 0 fully saturated rings. The second-order valence-electron chi connectivity index (χ2n) is 5.64. The summed E-state index contributed by atoms with van der Waals surface area (Å²) in [5.41, 5.74) is 7.57. The van der Waals surface area contributed by atoms with Gasteiger partial charge in [0.15, 0.2) is 0 Å². The molecule has 0 saturated carbocycles. The number of nitrogens with zero attached hydrogens (tertiary/aromatic N) is 2. The van der Waals surface area contributed by atoms with Crippen LogP contribution in [-0.4, -0.2) is 22.7 Å². The monoisotopic (exact) mass is 287 g/mol. The molecule has 4 heteroatoms. The standard InChI is InChI=1S/C17H25N3O/c1-5-15(18)16(13-7-6-8-14(11-13)21-4)20-10-9-19-17(20)12(2)3/h6-12,15-16H,5,18H2,1-4H3.